The summed E-state index contributed by atoms with van der Waals surface area (Å²) < 4.78 is 0. The third-order valence-corrected chi connectivity index (χ3v) is 2.75. The van der Waals surface area contributed by atoms with Crippen LogP contribution in [0, 0.1) is 0 Å². The predicted molar refractivity (Wildman–Crippen MR) is 72.4 cm³/mol. The van der Waals surface area contributed by atoms with Crippen LogP contribution in [0.5, 0.6) is 0 Å². The zero-order valence-corrected chi connectivity index (χ0v) is 9.27. The zero-order valence-electron chi connectivity index (χ0n) is 9.27. The van der Waals surface area contributed by atoms with Gasteiger partial charge in [-0.05, 0) is 48.5 Å². The monoisotopic (exact) mass is 223 g/mol. The Morgan fingerprint density at radius 3 is 2.47 bits per heavy atom. The van der Waals surface area contributed by atoms with E-state index in [2.05, 4.69) is 34.6 Å². The molecule has 1 aromatic heterocycles. The first kappa shape index (κ1) is 9.78. The molecule has 3 rings (SSSR count). The average Bonchev–Trinajstić information content (AvgIpc) is 2.79. The summed E-state index contributed by atoms with van der Waals surface area (Å²) in [5, 5.41) is 4.54. The molecule has 0 saturated heterocycles. The van der Waals surface area contributed by atoms with E-state index in [9.17, 15) is 0 Å². The summed E-state index contributed by atoms with van der Waals surface area (Å²) in [5.41, 5.74) is 9.68. The van der Waals surface area contributed by atoms with E-state index in [1.165, 1.54) is 5.39 Å². The second-order valence-electron chi connectivity index (χ2n) is 4.03. The Hall–Kier alpha value is -2.42. The van der Waals surface area contributed by atoms with Crippen molar-refractivity contribution in [1.82, 2.24) is 4.98 Å². The summed E-state index contributed by atoms with van der Waals surface area (Å²) >= 11 is 0. The third kappa shape index (κ3) is 1.95. The SMILES string of the molecule is Nc1ccc(Nc2ccc3[nH]ccc3c2)cc1. The fraction of sp³-hybridized carbons (Fsp3) is 0. The van der Waals surface area contributed by atoms with Crippen molar-refractivity contribution in [2.24, 2.45) is 0 Å². The van der Waals surface area contributed by atoms with Gasteiger partial charge in [-0.25, -0.2) is 0 Å². The van der Waals surface area contributed by atoms with Crippen LogP contribution in [0.2, 0.25) is 0 Å². The van der Waals surface area contributed by atoms with Gasteiger partial charge >= 0.3 is 0 Å². The smallest absolute Gasteiger partial charge is 0.0455 e. The molecule has 0 spiro atoms. The number of benzene rings is 2. The van der Waals surface area contributed by atoms with Crippen molar-refractivity contribution in [2.45, 2.75) is 0 Å². The molecule has 3 nitrogen and oxygen atoms in total. The minimum atomic E-state index is 0.775. The van der Waals surface area contributed by atoms with E-state index in [0.717, 1.165) is 22.6 Å². The van der Waals surface area contributed by atoms with Gasteiger partial charge < -0.3 is 16.0 Å². The molecule has 17 heavy (non-hydrogen) atoms. The highest BCUT2D eigenvalue weighted by Gasteiger charge is 1.97. The van der Waals surface area contributed by atoms with Crippen LogP contribution in [-0.2, 0) is 0 Å². The van der Waals surface area contributed by atoms with Crippen LogP contribution in [0.15, 0.2) is 54.7 Å². The molecule has 0 fully saturated rings. The molecule has 0 amide bonds. The van der Waals surface area contributed by atoms with Crippen LogP contribution in [0.4, 0.5) is 17.1 Å². The average molecular weight is 223 g/mol. The van der Waals surface area contributed by atoms with Gasteiger partial charge in [-0.15, -0.1) is 0 Å². The van der Waals surface area contributed by atoms with Gasteiger partial charge in [0, 0.05) is 34.2 Å². The molecule has 0 bridgehead atoms. The van der Waals surface area contributed by atoms with E-state index in [1.54, 1.807) is 0 Å². The van der Waals surface area contributed by atoms with Crippen LogP contribution in [0.25, 0.3) is 10.9 Å². The van der Waals surface area contributed by atoms with Gasteiger partial charge in [-0.3, -0.25) is 0 Å². The highest BCUT2D eigenvalue weighted by molar-refractivity contribution is 5.84. The molecule has 2 aromatic carbocycles. The van der Waals surface area contributed by atoms with Crippen molar-refractivity contribution in [3.8, 4) is 0 Å². The Kier molecular flexibility index (Phi) is 2.22. The molecule has 3 aromatic rings. The normalized spacial score (nSPS) is 10.6. The van der Waals surface area contributed by atoms with Gasteiger partial charge in [0.25, 0.3) is 0 Å². The van der Waals surface area contributed by atoms with Gasteiger partial charge in [-0.1, -0.05) is 0 Å². The maximum Gasteiger partial charge on any atom is 0.0455 e. The second-order valence-corrected chi connectivity index (χ2v) is 4.03. The Bertz CT molecular complexity index is 638. The molecule has 0 aliphatic rings. The van der Waals surface area contributed by atoms with Crippen molar-refractivity contribution in [3.63, 3.8) is 0 Å². The highest BCUT2D eigenvalue weighted by Crippen LogP contribution is 2.22. The van der Waals surface area contributed by atoms with E-state index in [1.807, 2.05) is 30.5 Å². The van der Waals surface area contributed by atoms with Gasteiger partial charge in [0.1, 0.15) is 0 Å². The van der Waals surface area contributed by atoms with Crippen LogP contribution in [-0.4, -0.2) is 4.98 Å². The van der Waals surface area contributed by atoms with E-state index in [4.69, 9.17) is 5.73 Å². The summed E-state index contributed by atoms with van der Waals surface area (Å²) in [6.07, 6.45) is 1.94. The van der Waals surface area contributed by atoms with E-state index >= 15 is 0 Å². The lowest BCUT2D eigenvalue weighted by molar-refractivity contribution is 1.47. The number of H-pyrrole nitrogens is 1. The maximum atomic E-state index is 5.65. The van der Waals surface area contributed by atoms with Crippen LogP contribution >= 0.6 is 0 Å². The van der Waals surface area contributed by atoms with Crippen molar-refractivity contribution in [1.29, 1.82) is 0 Å². The molecule has 3 heteroatoms. The third-order valence-electron chi connectivity index (χ3n) is 2.75. The molecule has 0 saturated carbocycles. The first-order chi connectivity index (χ1) is 8.31. The van der Waals surface area contributed by atoms with Gasteiger partial charge in [0.2, 0.25) is 0 Å². The maximum absolute atomic E-state index is 5.65. The first-order valence-electron chi connectivity index (χ1n) is 5.51. The van der Waals surface area contributed by atoms with Crippen molar-refractivity contribution < 1.29 is 0 Å². The summed E-state index contributed by atoms with van der Waals surface area (Å²) in [5.74, 6) is 0. The number of nitrogens with two attached hydrogens (primary N) is 1. The molecule has 0 aliphatic carbocycles. The van der Waals surface area contributed by atoms with E-state index in [-0.39, 0.29) is 0 Å². The van der Waals surface area contributed by atoms with Crippen molar-refractivity contribution >= 4 is 28.0 Å². The molecule has 1 heterocycles. The molecule has 0 aliphatic heterocycles. The van der Waals surface area contributed by atoms with Crippen LogP contribution in [0.3, 0.4) is 0 Å². The number of hydrogen-bond donors (Lipinski definition) is 3. The Morgan fingerprint density at radius 2 is 1.65 bits per heavy atom. The lowest BCUT2D eigenvalue weighted by atomic mass is 10.2. The number of fused-ring (bicyclic) bond motifs is 1. The molecule has 84 valence electrons. The Morgan fingerprint density at radius 1 is 0.882 bits per heavy atom. The summed E-state index contributed by atoms with van der Waals surface area (Å²) in [6.45, 7) is 0. The largest absolute Gasteiger partial charge is 0.399 e. The summed E-state index contributed by atoms with van der Waals surface area (Å²) in [6, 6.07) is 16.0. The summed E-state index contributed by atoms with van der Waals surface area (Å²) in [4.78, 5) is 3.17. The van der Waals surface area contributed by atoms with Crippen molar-refractivity contribution in [2.75, 3.05) is 11.1 Å². The Labute approximate surface area is 99.3 Å². The second kappa shape index (κ2) is 3.87. The molecule has 4 N–H and O–H groups in total. The molecule has 0 unspecified atom stereocenters. The van der Waals surface area contributed by atoms with E-state index < -0.39 is 0 Å². The lowest BCUT2D eigenvalue weighted by Crippen LogP contribution is -1.90. The molecular formula is C14H13N3. The highest BCUT2D eigenvalue weighted by atomic mass is 14.9. The van der Waals surface area contributed by atoms with Crippen LogP contribution < -0.4 is 11.1 Å². The predicted octanol–water partition coefficient (Wildman–Crippen LogP) is 3.49. The fourth-order valence-corrected chi connectivity index (χ4v) is 1.86. The van der Waals surface area contributed by atoms with Crippen LogP contribution in [0.1, 0.15) is 0 Å². The van der Waals surface area contributed by atoms with Gasteiger partial charge in [-0.2, -0.15) is 0 Å². The number of aromatic nitrogens is 1. The zero-order chi connectivity index (χ0) is 11.7. The van der Waals surface area contributed by atoms with Crippen molar-refractivity contribution in [3.05, 3.63) is 54.7 Å². The van der Waals surface area contributed by atoms with Gasteiger partial charge in [0.15, 0.2) is 0 Å². The molecule has 0 radical (unpaired) electrons. The Balaban J connectivity index is 1.91. The standard InChI is InChI=1S/C14H13N3/c15-11-1-3-12(4-2-11)17-13-5-6-14-10(9-13)7-8-16-14/h1-9,16-17H,15H2. The summed E-state index contributed by atoms with van der Waals surface area (Å²) in [7, 11) is 0. The number of hydrogen-bond acceptors (Lipinski definition) is 2. The number of rotatable bonds is 2. The molecule has 0 atom stereocenters. The number of nitrogens with one attached hydrogen (secondary N) is 2. The number of aromatic amines is 1. The van der Waals surface area contributed by atoms with Gasteiger partial charge in [0.05, 0.1) is 0 Å². The number of anilines is 3. The minimum Gasteiger partial charge on any atom is -0.399 e. The molecular weight excluding hydrogens is 210 g/mol. The number of nitrogen functional groups attached to an aromatic ring is 1. The fourth-order valence-electron chi connectivity index (χ4n) is 1.86. The minimum absolute atomic E-state index is 0.775. The quantitative estimate of drug-likeness (QED) is 0.582. The van der Waals surface area contributed by atoms with E-state index in [0.29, 0.717) is 0 Å². The first-order valence-corrected chi connectivity index (χ1v) is 5.51. The topological polar surface area (TPSA) is 53.8 Å². The lowest BCUT2D eigenvalue weighted by Gasteiger charge is -2.06.